The van der Waals surface area contributed by atoms with Gasteiger partial charge in [0.25, 0.3) is 5.91 Å². The van der Waals surface area contributed by atoms with Crippen LogP contribution in [0.1, 0.15) is 27.2 Å². The van der Waals surface area contributed by atoms with Crippen LogP contribution in [0.25, 0.3) is 6.08 Å². The summed E-state index contributed by atoms with van der Waals surface area (Å²) in [4.78, 5) is 35.5. The third-order valence-electron chi connectivity index (χ3n) is 4.61. The zero-order valence-electron chi connectivity index (χ0n) is 18.1. The Bertz CT molecular complexity index is 1170. The van der Waals surface area contributed by atoms with Gasteiger partial charge in [0.15, 0.2) is 6.61 Å². The van der Waals surface area contributed by atoms with Crippen molar-refractivity contribution in [1.82, 2.24) is 9.78 Å². The highest BCUT2D eigenvalue weighted by atomic mass is 35.5. The van der Waals surface area contributed by atoms with Gasteiger partial charge < -0.3 is 14.8 Å². The Labute approximate surface area is 195 Å². The van der Waals surface area contributed by atoms with Crippen molar-refractivity contribution in [3.8, 4) is 0 Å². The maximum atomic E-state index is 12.0. The minimum atomic E-state index is -0.697. The Morgan fingerprint density at radius 1 is 1.09 bits per heavy atom. The van der Waals surface area contributed by atoms with Crippen LogP contribution in [-0.4, -0.2) is 41.3 Å². The van der Waals surface area contributed by atoms with Crippen molar-refractivity contribution in [2.45, 2.75) is 13.5 Å². The fraction of sp³-hybridized carbons (Fsp3) is 0.167. The standard InChI is InChI=1S/C24H22ClN3O5/c1-16-20(23(25)28(27-16)14-17-6-4-3-5-7-17)12-13-22(30)33-15-21(29)26-19-10-8-18(9-11-19)24(31)32-2/h3-13H,14-15H2,1-2H3,(H,26,29)/b13-12+. The Morgan fingerprint density at radius 2 is 1.79 bits per heavy atom. The molecule has 0 atom stereocenters. The van der Waals surface area contributed by atoms with Crippen LogP contribution in [-0.2, 0) is 25.6 Å². The van der Waals surface area contributed by atoms with Crippen molar-refractivity contribution in [2.24, 2.45) is 0 Å². The molecule has 2 aromatic carbocycles. The van der Waals surface area contributed by atoms with Crippen LogP contribution < -0.4 is 5.32 Å². The highest BCUT2D eigenvalue weighted by Crippen LogP contribution is 2.22. The fourth-order valence-corrected chi connectivity index (χ4v) is 3.26. The molecule has 0 saturated heterocycles. The number of methoxy groups -OCH3 is 1. The van der Waals surface area contributed by atoms with Gasteiger partial charge in [0, 0.05) is 17.3 Å². The SMILES string of the molecule is COC(=O)c1ccc(NC(=O)COC(=O)/C=C/c2c(C)nn(Cc3ccccc3)c2Cl)cc1. The van der Waals surface area contributed by atoms with E-state index in [2.05, 4.69) is 15.2 Å². The smallest absolute Gasteiger partial charge is 0.337 e. The maximum Gasteiger partial charge on any atom is 0.337 e. The van der Waals surface area contributed by atoms with E-state index in [9.17, 15) is 14.4 Å². The molecule has 1 N–H and O–H groups in total. The van der Waals surface area contributed by atoms with Crippen molar-refractivity contribution >= 4 is 41.2 Å². The number of ether oxygens (including phenoxy) is 2. The van der Waals surface area contributed by atoms with Crippen molar-refractivity contribution in [1.29, 1.82) is 0 Å². The Morgan fingerprint density at radius 3 is 2.45 bits per heavy atom. The molecule has 0 fully saturated rings. The lowest BCUT2D eigenvalue weighted by molar-refractivity contribution is -0.142. The van der Waals surface area contributed by atoms with Gasteiger partial charge in [-0.15, -0.1) is 0 Å². The van der Waals surface area contributed by atoms with Gasteiger partial charge in [0.1, 0.15) is 5.15 Å². The lowest BCUT2D eigenvalue weighted by atomic mass is 10.2. The number of esters is 2. The van der Waals surface area contributed by atoms with Gasteiger partial charge >= 0.3 is 11.9 Å². The molecule has 0 unspecified atom stereocenters. The van der Waals surface area contributed by atoms with Crippen LogP contribution in [0.4, 0.5) is 5.69 Å². The Balaban J connectivity index is 1.52. The van der Waals surface area contributed by atoms with Gasteiger partial charge in [0.2, 0.25) is 0 Å². The molecule has 33 heavy (non-hydrogen) atoms. The van der Waals surface area contributed by atoms with Crippen LogP contribution in [0.5, 0.6) is 0 Å². The molecule has 8 nitrogen and oxygen atoms in total. The van der Waals surface area contributed by atoms with Gasteiger partial charge in [-0.2, -0.15) is 5.10 Å². The average Bonchev–Trinajstić information content (AvgIpc) is 3.09. The second-order valence-electron chi connectivity index (χ2n) is 6.99. The molecule has 0 radical (unpaired) electrons. The first-order chi connectivity index (χ1) is 15.9. The van der Waals surface area contributed by atoms with Gasteiger partial charge in [-0.25, -0.2) is 14.3 Å². The molecular formula is C24H22ClN3O5. The largest absolute Gasteiger partial charge is 0.465 e. The topological polar surface area (TPSA) is 99.5 Å². The highest BCUT2D eigenvalue weighted by Gasteiger charge is 2.13. The van der Waals surface area contributed by atoms with Crippen LogP contribution >= 0.6 is 11.6 Å². The average molecular weight is 468 g/mol. The number of aromatic nitrogens is 2. The number of hydrogen-bond acceptors (Lipinski definition) is 6. The zero-order chi connectivity index (χ0) is 23.8. The Kier molecular flexibility index (Phi) is 7.99. The summed E-state index contributed by atoms with van der Waals surface area (Å²) in [6.07, 6.45) is 2.71. The summed E-state index contributed by atoms with van der Waals surface area (Å²) in [5.41, 5.74) is 3.11. The van der Waals surface area contributed by atoms with E-state index in [1.807, 2.05) is 30.3 Å². The molecule has 0 bridgehead atoms. The van der Waals surface area contributed by atoms with Crippen LogP contribution in [0.3, 0.4) is 0 Å². The van der Waals surface area contributed by atoms with Crippen LogP contribution in [0.15, 0.2) is 60.7 Å². The minimum Gasteiger partial charge on any atom is -0.465 e. The number of aryl methyl sites for hydroxylation is 1. The summed E-state index contributed by atoms with van der Waals surface area (Å²) in [7, 11) is 1.28. The van der Waals surface area contributed by atoms with E-state index in [1.165, 1.54) is 31.4 Å². The molecule has 0 aliphatic heterocycles. The Hall–Kier alpha value is -3.91. The third-order valence-corrected chi connectivity index (χ3v) is 5.00. The molecule has 0 aliphatic rings. The predicted octanol–water partition coefficient (Wildman–Crippen LogP) is 3.87. The van der Waals surface area contributed by atoms with E-state index < -0.39 is 24.5 Å². The number of carbonyl (C=O) groups excluding carboxylic acids is 3. The van der Waals surface area contributed by atoms with Gasteiger partial charge in [0.05, 0.1) is 24.9 Å². The lowest BCUT2D eigenvalue weighted by Gasteiger charge is -2.06. The van der Waals surface area contributed by atoms with Crippen molar-refractivity contribution in [3.63, 3.8) is 0 Å². The quantitative estimate of drug-likeness (QED) is 0.398. The number of anilines is 1. The lowest BCUT2D eigenvalue weighted by Crippen LogP contribution is -2.20. The zero-order valence-corrected chi connectivity index (χ0v) is 18.8. The summed E-state index contributed by atoms with van der Waals surface area (Å²) in [6.45, 7) is 1.82. The molecule has 1 heterocycles. The number of rotatable bonds is 8. The maximum absolute atomic E-state index is 12.0. The summed E-state index contributed by atoms with van der Waals surface area (Å²) in [6, 6.07) is 15.9. The molecule has 3 aromatic rings. The first kappa shape index (κ1) is 23.7. The third kappa shape index (κ3) is 6.54. The van der Waals surface area contributed by atoms with Crippen molar-refractivity contribution in [2.75, 3.05) is 19.0 Å². The van der Waals surface area contributed by atoms with Crippen LogP contribution in [0.2, 0.25) is 5.15 Å². The summed E-state index contributed by atoms with van der Waals surface area (Å²) in [5, 5.41) is 7.39. The number of amides is 1. The number of nitrogens with one attached hydrogen (secondary N) is 1. The van der Waals surface area contributed by atoms with E-state index in [0.717, 1.165) is 5.56 Å². The van der Waals surface area contributed by atoms with Gasteiger partial charge in [-0.05, 0) is 42.8 Å². The number of carbonyl (C=O) groups is 3. The minimum absolute atomic E-state index is 0.355. The normalized spacial score (nSPS) is 10.8. The summed E-state index contributed by atoms with van der Waals surface area (Å²) >= 11 is 6.42. The predicted molar refractivity (Wildman–Crippen MR) is 124 cm³/mol. The summed E-state index contributed by atoms with van der Waals surface area (Å²) < 4.78 is 11.2. The number of hydrogen-bond donors (Lipinski definition) is 1. The monoisotopic (exact) mass is 467 g/mol. The molecule has 0 aliphatic carbocycles. The fourth-order valence-electron chi connectivity index (χ4n) is 2.96. The van der Waals surface area contributed by atoms with Crippen molar-refractivity contribution < 1.29 is 23.9 Å². The molecule has 0 saturated carbocycles. The van der Waals surface area contributed by atoms with E-state index >= 15 is 0 Å². The van der Waals surface area contributed by atoms with E-state index in [0.29, 0.717) is 34.2 Å². The molecule has 9 heteroatoms. The van der Waals surface area contributed by atoms with Gasteiger partial charge in [-0.3, -0.25) is 4.79 Å². The molecule has 0 spiro atoms. The summed E-state index contributed by atoms with van der Waals surface area (Å²) in [5.74, 6) is -1.69. The molecule has 1 amide bonds. The number of halogens is 1. The second kappa shape index (κ2) is 11.1. The number of benzene rings is 2. The molecule has 3 rings (SSSR count). The van der Waals surface area contributed by atoms with Crippen LogP contribution in [0, 0.1) is 6.92 Å². The molecular weight excluding hydrogens is 446 g/mol. The van der Waals surface area contributed by atoms with Crippen molar-refractivity contribution in [3.05, 3.63) is 88.2 Å². The first-order valence-corrected chi connectivity index (χ1v) is 10.3. The number of nitrogens with zero attached hydrogens (tertiary/aromatic N) is 2. The molecule has 1 aromatic heterocycles. The van der Waals surface area contributed by atoms with E-state index in [4.69, 9.17) is 16.3 Å². The molecule has 170 valence electrons. The van der Waals surface area contributed by atoms with E-state index in [1.54, 1.807) is 23.7 Å². The first-order valence-electron chi connectivity index (χ1n) is 9.97. The van der Waals surface area contributed by atoms with E-state index in [-0.39, 0.29) is 0 Å². The van der Waals surface area contributed by atoms with Gasteiger partial charge in [-0.1, -0.05) is 41.9 Å². The second-order valence-corrected chi connectivity index (χ2v) is 7.35. The highest BCUT2D eigenvalue weighted by molar-refractivity contribution is 6.31.